The Labute approximate surface area is 117 Å². The monoisotopic (exact) mass is 274 g/mol. The summed E-state index contributed by atoms with van der Waals surface area (Å²) in [5.41, 5.74) is 0.672. The first-order chi connectivity index (χ1) is 9.66. The molecule has 1 spiro atoms. The third-order valence-corrected chi connectivity index (χ3v) is 4.04. The van der Waals surface area contributed by atoms with E-state index >= 15 is 0 Å². The van der Waals surface area contributed by atoms with E-state index in [1.807, 2.05) is 30.3 Å². The van der Waals surface area contributed by atoms with Gasteiger partial charge in [0, 0.05) is 6.54 Å². The molecule has 20 heavy (non-hydrogen) atoms. The third kappa shape index (κ3) is 2.18. The SMILES string of the molecule is COC(=O)CCN1C(=O)C2(CC2)NC1c1ccccc1. The standard InChI is InChI=1S/C15H18N2O3/c1-20-12(18)7-10-17-13(11-5-3-2-4-6-11)16-15(8-9-15)14(17)19/h2-6,13,16H,7-10H2,1H3. The smallest absolute Gasteiger partial charge is 0.307 e. The molecule has 1 saturated heterocycles. The highest BCUT2D eigenvalue weighted by Gasteiger charge is 2.59. The minimum atomic E-state index is -0.378. The molecule has 1 amide bonds. The molecule has 1 unspecified atom stereocenters. The van der Waals surface area contributed by atoms with E-state index in [1.54, 1.807) is 4.90 Å². The van der Waals surface area contributed by atoms with Gasteiger partial charge in [0.2, 0.25) is 5.91 Å². The van der Waals surface area contributed by atoms with Gasteiger partial charge in [0.05, 0.1) is 13.5 Å². The Morgan fingerprint density at radius 1 is 1.40 bits per heavy atom. The van der Waals surface area contributed by atoms with Crippen LogP contribution in [0.3, 0.4) is 0 Å². The van der Waals surface area contributed by atoms with Crippen LogP contribution in [-0.4, -0.2) is 36.0 Å². The summed E-state index contributed by atoms with van der Waals surface area (Å²) >= 11 is 0. The van der Waals surface area contributed by atoms with Crippen LogP contribution >= 0.6 is 0 Å². The summed E-state index contributed by atoms with van der Waals surface area (Å²) in [6, 6.07) is 9.86. The highest BCUT2D eigenvalue weighted by atomic mass is 16.5. The van der Waals surface area contributed by atoms with Crippen molar-refractivity contribution >= 4 is 11.9 Å². The molecule has 0 radical (unpaired) electrons. The maximum Gasteiger partial charge on any atom is 0.307 e. The lowest BCUT2D eigenvalue weighted by molar-refractivity contribution is -0.141. The van der Waals surface area contributed by atoms with Crippen LogP contribution in [0.15, 0.2) is 30.3 Å². The molecule has 1 aliphatic heterocycles. The quantitative estimate of drug-likeness (QED) is 0.839. The first-order valence-electron chi connectivity index (χ1n) is 6.87. The largest absolute Gasteiger partial charge is 0.469 e. The Hall–Kier alpha value is -1.88. The third-order valence-electron chi connectivity index (χ3n) is 4.04. The number of ether oxygens (including phenoxy) is 1. The van der Waals surface area contributed by atoms with Gasteiger partial charge in [-0.15, -0.1) is 0 Å². The summed E-state index contributed by atoms with van der Waals surface area (Å²) in [4.78, 5) is 25.6. The van der Waals surface area contributed by atoms with Crippen LogP contribution in [0.4, 0.5) is 0 Å². The number of carbonyl (C=O) groups is 2. The Balaban J connectivity index is 1.80. The van der Waals surface area contributed by atoms with Crippen molar-refractivity contribution in [2.45, 2.75) is 31.0 Å². The van der Waals surface area contributed by atoms with Crippen LogP contribution in [0.5, 0.6) is 0 Å². The van der Waals surface area contributed by atoms with E-state index < -0.39 is 0 Å². The van der Waals surface area contributed by atoms with Crippen LogP contribution in [0, 0.1) is 0 Å². The van der Waals surface area contributed by atoms with Gasteiger partial charge in [0.25, 0.3) is 0 Å². The maximum absolute atomic E-state index is 12.5. The Morgan fingerprint density at radius 3 is 2.70 bits per heavy atom. The van der Waals surface area contributed by atoms with Gasteiger partial charge >= 0.3 is 5.97 Å². The van der Waals surface area contributed by atoms with Gasteiger partial charge in [-0.1, -0.05) is 30.3 Å². The Kier molecular flexibility index (Phi) is 3.22. The molecule has 5 nitrogen and oxygen atoms in total. The Bertz CT molecular complexity index is 525. The molecule has 1 aromatic carbocycles. The minimum Gasteiger partial charge on any atom is -0.469 e. The zero-order valence-corrected chi connectivity index (χ0v) is 11.5. The van der Waals surface area contributed by atoms with Crippen molar-refractivity contribution in [3.63, 3.8) is 0 Å². The number of rotatable bonds is 4. The van der Waals surface area contributed by atoms with E-state index in [-0.39, 0.29) is 30.0 Å². The fourth-order valence-corrected chi connectivity index (χ4v) is 2.72. The van der Waals surface area contributed by atoms with Crippen molar-refractivity contribution < 1.29 is 14.3 Å². The number of nitrogens with one attached hydrogen (secondary N) is 1. The summed E-state index contributed by atoms with van der Waals surface area (Å²) in [6.45, 7) is 0.389. The predicted molar refractivity (Wildman–Crippen MR) is 72.6 cm³/mol. The molecule has 1 saturated carbocycles. The second-order valence-corrected chi connectivity index (χ2v) is 5.36. The number of hydrogen-bond donors (Lipinski definition) is 1. The summed E-state index contributed by atoms with van der Waals surface area (Å²) in [5, 5.41) is 3.42. The molecule has 1 heterocycles. The first-order valence-corrected chi connectivity index (χ1v) is 6.87. The van der Waals surface area contributed by atoms with Gasteiger partial charge < -0.3 is 9.64 Å². The summed E-state index contributed by atoms with van der Waals surface area (Å²) < 4.78 is 4.66. The average Bonchev–Trinajstić information content (AvgIpc) is 3.21. The molecular weight excluding hydrogens is 256 g/mol. The highest BCUT2D eigenvalue weighted by Crippen LogP contribution is 2.45. The van der Waals surface area contributed by atoms with Crippen LogP contribution < -0.4 is 5.32 Å². The van der Waals surface area contributed by atoms with E-state index in [0.717, 1.165) is 18.4 Å². The number of benzene rings is 1. The summed E-state index contributed by atoms with van der Waals surface area (Å²) in [6.07, 6.45) is 1.84. The zero-order chi connectivity index (χ0) is 14.2. The molecule has 2 aliphatic rings. The molecule has 1 aliphatic carbocycles. The van der Waals surface area contributed by atoms with Gasteiger partial charge in [-0.05, 0) is 18.4 Å². The molecule has 0 bridgehead atoms. The lowest BCUT2D eigenvalue weighted by atomic mass is 10.1. The van der Waals surface area contributed by atoms with Gasteiger partial charge in [-0.2, -0.15) is 0 Å². The van der Waals surface area contributed by atoms with E-state index in [0.29, 0.717) is 6.54 Å². The molecule has 2 fully saturated rings. The fraction of sp³-hybridized carbons (Fsp3) is 0.467. The van der Waals surface area contributed by atoms with Crippen molar-refractivity contribution in [1.82, 2.24) is 10.2 Å². The Morgan fingerprint density at radius 2 is 2.10 bits per heavy atom. The number of hydrogen-bond acceptors (Lipinski definition) is 4. The molecule has 1 aromatic rings. The van der Waals surface area contributed by atoms with Gasteiger partial charge in [0.1, 0.15) is 11.7 Å². The van der Waals surface area contributed by atoms with Crippen LogP contribution in [-0.2, 0) is 14.3 Å². The number of carbonyl (C=O) groups excluding carboxylic acids is 2. The summed E-state index contributed by atoms with van der Waals surface area (Å²) in [7, 11) is 1.36. The van der Waals surface area contributed by atoms with Crippen molar-refractivity contribution in [1.29, 1.82) is 0 Å². The van der Waals surface area contributed by atoms with E-state index in [1.165, 1.54) is 7.11 Å². The predicted octanol–water partition coefficient (Wildman–Crippen LogP) is 1.21. The van der Waals surface area contributed by atoms with Crippen molar-refractivity contribution in [3.8, 4) is 0 Å². The first kappa shape index (κ1) is 13.1. The van der Waals surface area contributed by atoms with E-state index in [2.05, 4.69) is 10.1 Å². The summed E-state index contributed by atoms with van der Waals surface area (Å²) in [5.74, 6) is -0.184. The van der Waals surface area contributed by atoms with E-state index in [9.17, 15) is 9.59 Å². The average molecular weight is 274 g/mol. The molecule has 106 valence electrons. The van der Waals surface area contributed by atoms with Gasteiger partial charge in [0.15, 0.2) is 0 Å². The van der Waals surface area contributed by atoms with Crippen molar-refractivity contribution in [2.24, 2.45) is 0 Å². The van der Waals surface area contributed by atoms with Gasteiger partial charge in [-0.25, -0.2) is 0 Å². The number of amides is 1. The minimum absolute atomic E-state index is 0.107. The van der Waals surface area contributed by atoms with Gasteiger partial charge in [-0.3, -0.25) is 14.9 Å². The van der Waals surface area contributed by atoms with E-state index in [4.69, 9.17) is 0 Å². The lowest BCUT2D eigenvalue weighted by Gasteiger charge is -2.24. The maximum atomic E-state index is 12.5. The molecule has 1 N–H and O–H groups in total. The molecule has 3 rings (SSSR count). The fourth-order valence-electron chi connectivity index (χ4n) is 2.72. The van der Waals surface area contributed by atoms with Crippen molar-refractivity contribution in [2.75, 3.05) is 13.7 Å². The lowest BCUT2D eigenvalue weighted by Crippen LogP contribution is -2.33. The van der Waals surface area contributed by atoms with Crippen LogP contribution in [0.1, 0.15) is 31.0 Å². The molecular formula is C15H18N2O3. The number of methoxy groups -OCH3 is 1. The second-order valence-electron chi connectivity index (χ2n) is 5.36. The van der Waals surface area contributed by atoms with Crippen LogP contribution in [0.2, 0.25) is 0 Å². The topological polar surface area (TPSA) is 58.6 Å². The normalized spacial score (nSPS) is 23.1. The molecule has 0 aromatic heterocycles. The molecule has 5 heteroatoms. The van der Waals surface area contributed by atoms with Crippen LogP contribution in [0.25, 0.3) is 0 Å². The van der Waals surface area contributed by atoms with Crippen molar-refractivity contribution in [3.05, 3.63) is 35.9 Å². The highest BCUT2D eigenvalue weighted by molar-refractivity contribution is 5.92. The second kappa shape index (κ2) is 4.90. The zero-order valence-electron chi connectivity index (χ0n) is 11.5. The molecule has 1 atom stereocenters. The number of esters is 1. The number of nitrogens with zero attached hydrogens (tertiary/aromatic N) is 1.